The summed E-state index contributed by atoms with van der Waals surface area (Å²) < 4.78 is 28.0. The lowest BCUT2D eigenvalue weighted by molar-refractivity contribution is -0.0208. The molecule has 0 aromatic rings. The lowest BCUT2D eigenvalue weighted by Crippen LogP contribution is -2.33. The van der Waals surface area contributed by atoms with Gasteiger partial charge in [0, 0.05) is 25.6 Å². The lowest BCUT2D eigenvalue weighted by atomic mass is 9.77. The van der Waals surface area contributed by atoms with E-state index in [0.717, 1.165) is 19.3 Å². The summed E-state index contributed by atoms with van der Waals surface area (Å²) in [4.78, 5) is 0. The van der Waals surface area contributed by atoms with Crippen molar-refractivity contribution in [2.75, 3.05) is 31.3 Å². The third-order valence-corrected chi connectivity index (χ3v) is 5.28. The second-order valence-corrected chi connectivity index (χ2v) is 7.08. The molecule has 0 aliphatic carbocycles. The highest BCUT2D eigenvalue weighted by atomic mass is 32.2. The minimum absolute atomic E-state index is 0.0957. The van der Waals surface area contributed by atoms with Crippen LogP contribution in [0.15, 0.2) is 0 Å². The Morgan fingerprint density at radius 3 is 2.44 bits per heavy atom. The third-order valence-electron chi connectivity index (χ3n) is 3.49. The van der Waals surface area contributed by atoms with Crippen LogP contribution in [-0.4, -0.2) is 44.9 Å². The van der Waals surface area contributed by atoms with Gasteiger partial charge in [-0.25, -0.2) is 8.42 Å². The van der Waals surface area contributed by atoms with E-state index < -0.39 is 9.84 Å². The molecule has 1 aliphatic rings. The number of sulfone groups is 1. The van der Waals surface area contributed by atoms with Crippen LogP contribution in [0.25, 0.3) is 0 Å². The van der Waals surface area contributed by atoms with Gasteiger partial charge >= 0.3 is 0 Å². The van der Waals surface area contributed by atoms with Gasteiger partial charge in [-0.3, -0.25) is 0 Å². The van der Waals surface area contributed by atoms with Crippen LogP contribution >= 0.6 is 0 Å². The average molecular weight is 250 g/mol. The van der Waals surface area contributed by atoms with Gasteiger partial charge in [0.15, 0.2) is 0 Å². The second-order valence-electron chi connectivity index (χ2n) is 4.61. The molecule has 1 N–H and O–H groups in total. The highest BCUT2D eigenvalue weighted by molar-refractivity contribution is 7.91. The predicted octanol–water partition coefficient (Wildman–Crippen LogP) is 0.990. The summed E-state index contributed by atoms with van der Waals surface area (Å²) >= 11 is 0. The van der Waals surface area contributed by atoms with Crippen LogP contribution in [0.5, 0.6) is 0 Å². The zero-order valence-electron chi connectivity index (χ0n) is 9.94. The van der Waals surface area contributed by atoms with E-state index in [4.69, 9.17) is 4.74 Å². The molecule has 0 aromatic heterocycles. The van der Waals surface area contributed by atoms with E-state index in [2.05, 4.69) is 0 Å². The van der Waals surface area contributed by atoms with Crippen molar-refractivity contribution in [2.45, 2.75) is 32.6 Å². The summed E-state index contributed by atoms with van der Waals surface area (Å²) in [5.41, 5.74) is -0.0957. The van der Waals surface area contributed by atoms with Crippen molar-refractivity contribution in [2.24, 2.45) is 5.41 Å². The van der Waals surface area contributed by atoms with Crippen molar-refractivity contribution in [1.29, 1.82) is 0 Å². The standard InChI is InChI=1S/C11H22O4S/c1-2-16(13,14)9-3-4-11(10-12)5-7-15-8-6-11/h12H,2-10H2,1H3. The number of aliphatic hydroxyl groups is 1. The first-order chi connectivity index (χ1) is 7.54. The fourth-order valence-corrected chi connectivity index (χ4v) is 2.98. The Morgan fingerprint density at radius 1 is 1.31 bits per heavy atom. The van der Waals surface area contributed by atoms with Crippen molar-refractivity contribution >= 4 is 9.84 Å². The highest BCUT2D eigenvalue weighted by Gasteiger charge is 2.31. The van der Waals surface area contributed by atoms with E-state index in [9.17, 15) is 13.5 Å². The van der Waals surface area contributed by atoms with Crippen LogP contribution in [0.1, 0.15) is 32.6 Å². The Morgan fingerprint density at radius 2 is 1.94 bits per heavy atom. The number of aliphatic hydroxyl groups excluding tert-OH is 1. The molecule has 1 fully saturated rings. The molecule has 5 heteroatoms. The summed E-state index contributed by atoms with van der Waals surface area (Å²) in [6.07, 6.45) is 3.12. The molecule has 1 rings (SSSR count). The molecule has 16 heavy (non-hydrogen) atoms. The first kappa shape index (κ1) is 13.9. The van der Waals surface area contributed by atoms with E-state index >= 15 is 0 Å². The van der Waals surface area contributed by atoms with Crippen molar-refractivity contribution in [1.82, 2.24) is 0 Å². The zero-order chi connectivity index (χ0) is 12.1. The monoisotopic (exact) mass is 250 g/mol. The lowest BCUT2D eigenvalue weighted by Gasteiger charge is -2.35. The normalized spacial score (nSPS) is 20.9. The van der Waals surface area contributed by atoms with Gasteiger partial charge in [-0.2, -0.15) is 0 Å². The molecule has 0 radical (unpaired) electrons. The van der Waals surface area contributed by atoms with Gasteiger partial charge in [0.25, 0.3) is 0 Å². The van der Waals surface area contributed by atoms with Gasteiger partial charge < -0.3 is 9.84 Å². The Bertz CT molecular complexity index is 291. The topological polar surface area (TPSA) is 63.6 Å². The molecule has 96 valence electrons. The molecule has 0 bridgehead atoms. The van der Waals surface area contributed by atoms with E-state index in [-0.39, 0.29) is 23.5 Å². The molecule has 0 unspecified atom stereocenters. The van der Waals surface area contributed by atoms with Gasteiger partial charge in [0.05, 0.1) is 5.75 Å². The van der Waals surface area contributed by atoms with Crippen LogP contribution in [0.4, 0.5) is 0 Å². The van der Waals surface area contributed by atoms with Crippen LogP contribution in [-0.2, 0) is 14.6 Å². The molecule has 1 heterocycles. The van der Waals surface area contributed by atoms with E-state index in [1.165, 1.54) is 0 Å². The van der Waals surface area contributed by atoms with Gasteiger partial charge in [0.2, 0.25) is 0 Å². The minimum Gasteiger partial charge on any atom is -0.396 e. The first-order valence-corrected chi connectivity index (χ1v) is 7.75. The fourth-order valence-electron chi connectivity index (χ4n) is 2.10. The number of rotatable bonds is 6. The zero-order valence-corrected chi connectivity index (χ0v) is 10.8. The predicted molar refractivity (Wildman–Crippen MR) is 63.1 cm³/mol. The average Bonchev–Trinajstić information content (AvgIpc) is 2.30. The third kappa shape index (κ3) is 4.03. The van der Waals surface area contributed by atoms with Gasteiger partial charge in [0.1, 0.15) is 9.84 Å². The Labute approximate surface area is 97.9 Å². The van der Waals surface area contributed by atoms with Gasteiger partial charge in [-0.05, 0) is 31.1 Å². The van der Waals surface area contributed by atoms with E-state index in [1.54, 1.807) is 6.92 Å². The van der Waals surface area contributed by atoms with E-state index in [0.29, 0.717) is 19.6 Å². The van der Waals surface area contributed by atoms with Gasteiger partial charge in [-0.15, -0.1) is 0 Å². The summed E-state index contributed by atoms with van der Waals surface area (Å²) in [6.45, 7) is 3.18. The van der Waals surface area contributed by atoms with Crippen molar-refractivity contribution in [3.8, 4) is 0 Å². The number of hydrogen-bond donors (Lipinski definition) is 1. The maximum absolute atomic E-state index is 11.3. The van der Waals surface area contributed by atoms with Crippen LogP contribution in [0.2, 0.25) is 0 Å². The molecule has 0 aromatic carbocycles. The fraction of sp³-hybridized carbons (Fsp3) is 1.00. The van der Waals surface area contributed by atoms with Crippen LogP contribution < -0.4 is 0 Å². The van der Waals surface area contributed by atoms with Crippen molar-refractivity contribution in [3.05, 3.63) is 0 Å². The molecule has 0 atom stereocenters. The molecule has 4 nitrogen and oxygen atoms in total. The van der Waals surface area contributed by atoms with Crippen LogP contribution in [0.3, 0.4) is 0 Å². The largest absolute Gasteiger partial charge is 0.396 e. The first-order valence-electron chi connectivity index (χ1n) is 5.93. The maximum Gasteiger partial charge on any atom is 0.150 e. The van der Waals surface area contributed by atoms with Crippen LogP contribution in [0, 0.1) is 5.41 Å². The summed E-state index contributed by atoms with van der Waals surface area (Å²) in [6, 6.07) is 0. The Kier molecular flexibility index (Phi) is 5.21. The molecule has 0 spiro atoms. The molecule has 1 aliphatic heterocycles. The summed E-state index contributed by atoms with van der Waals surface area (Å²) in [7, 11) is -2.87. The van der Waals surface area contributed by atoms with E-state index in [1.807, 2.05) is 0 Å². The number of hydrogen-bond acceptors (Lipinski definition) is 4. The molecule has 0 saturated carbocycles. The Balaban J connectivity index is 2.39. The van der Waals surface area contributed by atoms with Crippen molar-refractivity contribution in [3.63, 3.8) is 0 Å². The van der Waals surface area contributed by atoms with Crippen molar-refractivity contribution < 1.29 is 18.3 Å². The second kappa shape index (κ2) is 5.98. The summed E-state index contributed by atoms with van der Waals surface area (Å²) in [5, 5.41) is 9.42. The molecule has 0 amide bonds. The van der Waals surface area contributed by atoms with Gasteiger partial charge in [-0.1, -0.05) is 6.92 Å². The quantitative estimate of drug-likeness (QED) is 0.763. The smallest absolute Gasteiger partial charge is 0.150 e. The maximum atomic E-state index is 11.3. The number of ether oxygens (including phenoxy) is 1. The summed E-state index contributed by atoms with van der Waals surface area (Å²) in [5.74, 6) is 0.453. The molecular weight excluding hydrogens is 228 g/mol. The minimum atomic E-state index is -2.87. The highest BCUT2D eigenvalue weighted by Crippen LogP contribution is 2.34. The molecule has 1 saturated heterocycles. The molecular formula is C11H22O4S. The SMILES string of the molecule is CCS(=O)(=O)CCCC1(CO)CCOCC1. The Hall–Kier alpha value is -0.130.